The van der Waals surface area contributed by atoms with Gasteiger partial charge in [0.1, 0.15) is 34.3 Å². The second-order valence-electron chi connectivity index (χ2n) is 7.64. The average Bonchev–Trinajstić information content (AvgIpc) is 2.82. The minimum Gasteiger partial charge on any atom is -0.508 e. The molecule has 0 aromatic heterocycles. The topological polar surface area (TPSA) is 186 Å². The van der Waals surface area contributed by atoms with Crippen LogP contribution in [-0.2, 0) is 11.2 Å². The molecule has 2 amide bonds. The summed E-state index contributed by atoms with van der Waals surface area (Å²) in [7, 11) is 0. The number of benzene rings is 3. The van der Waals surface area contributed by atoms with Gasteiger partial charge < -0.3 is 40.9 Å². The third-order valence-corrected chi connectivity index (χ3v) is 5.13. The van der Waals surface area contributed by atoms with Gasteiger partial charge in [-0.05, 0) is 43.2 Å². The Morgan fingerprint density at radius 2 is 1.22 bits per heavy atom. The van der Waals surface area contributed by atoms with E-state index in [1.165, 1.54) is 12.1 Å². The molecule has 11 heteroatoms. The summed E-state index contributed by atoms with van der Waals surface area (Å²) in [6.07, 6.45) is 0.456. The van der Waals surface area contributed by atoms with Crippen LogP contribution in [0.3, 0.4) is 0 Å². The van der Waals surface area contributed by atoms with Crippen molar-refractivity contribution in [3.05, 3.63) is 64.7 Å². The quantitative estimate of drug-likeness (QED) is 0.146. The van der Waals surface area contributed by atoms with Crippen LogP contribution in [0.4, 0.5) is 11.4 Å². The first-order valence-corrected chi connectivity index (χ1v) is 10.8. The SMILES string of the molecule is CCOC(=O)c1cc(O)c(NC(=O)c2cc(O)cc(C(=O)Nc3cc(O)c(CC)cc3O)c2)cc1O. The van der Waals surface area contributed by atoms with Gasteiger partial charge in [0.25, 0.3) is 11.8 Å². The summed E-state index contributed by atoms with van der Waals surface area (Å²) in [6, 6.07) is 7.65. The third-order valence-electron chi connectivity index (χ3n) is 5.13. The summed E-state index contributed by atoms with van der Waals surface area (Å²) in [6.45, 7) is 3.40. The van der Waals surface area contributed by atoms with Crippen molar-refractivity contribution < 1.29 is 44.7 Å². The van der Waals surface area contributed by atoms with Gasteiger partial charge in [-0.15, -0.1) is 0 Å². The van der Waals surface area contributed by atoms with Crippen LogP contribution in [-0.4, -0.2) is 49.9 Å². The predicted octanol–water partition coefficient (Wildman–Crippen LogP) is 3.46. The maximum absolute atomic E-state index is 12.7. The number of amides is 2. The van der Waals surface area contributed by atoms with Crippen LogP contribution in [0.2, 0.25) is 0 Å². The van der Waals surface area contributed by atoms with Crippen LogP contribution in [0.5, 0.6) is 28.7 Å². The molecule has 7 N–H and O–H groups in total. The molecule has 188 valence electrons. The molecule has 0 radical (unpaired) electrons. The van der Waals surface area contributed by atoms with Gasteiger partial charge in [-0.1, -0.05) is 6.92 Å². The minimum atomic E-state index is -0.865. The lowest BCUT2D eigenvalue weighted by atomic mass is 10.1. The molecule has 3 rings (SSSR count). The van der Waals surface area contributed by atoms with Gasteiger partial charge in [0.2, 0.25) is 0 Å². The maximum atomic E-state index is 12.7. The normalized spacial score (nSPS) is 10.5. The van der Waals surface area contributed by atoms with Crippen molar-refractivity contribution in [2.24, 2.45) is 0 Å². The van der Waals surface area contributed by atoms with Crippen molar-refractivity contribution in [1.29, 1.82) is 0 Å². The molecule has 0 atom stereocenters. The largest absolute Gasteiger partial charge is 0.508 e. The average molecular weight is 496 g/mol. The Morgan fingerprint density at radius 3 is 1.75 bits per heavy atom. The fraction of sp³-hybridized carbons (Fsp3) is 0.160. The highest BCUT2D eigenvalue weighted by atomic mass is 16.5. The third kappa shape index (κ3) is 5.58. The number of carbonyl (C=O) groups is 3. The molecule has 0 aliphatic rings. The van der Waals surface area contributed by atoms with Gasteiger partial charge in [0.15, 0.2) is 0 Å². The lowest BCUT2D eigenvalue weighted by molar-refractivity contribution is 0.0522. The summed E-state index contributed by atoms with van der Waals surface area (Å²) in [5.74, 6) is -4.43. The lowest BCUT2D eigenvalue weighted by Crippen LogP contribution is -2.16. The van der Waals surface area contributed by atoms with Crippen molar-refractivity contribution in [2.75, 3.05) is 17.2 Å². The number of phenolic OH excluding ortho intramolecular Hbond substituents is 5. The number of anilines is 2. The lowest BCUT2D eigenvalue weighted by Gasteiger charge is -2.13. The van der Waals surface area contributed by atoms with E-state index in [1.54, 1.807) is 13.8 Å². The first-order chi connectivity index (χ1) is 17.0. The zero-order valence-electron chi connectivity index (χ0n) is 19.3. The van der Waals surface area contributed by atoms with E-state index in [-0.39, 0.29) is 46.2 Å². The number of hydrogen-bond donors (Lipinski definition) is 7. The van der Waals surface area contributed by atoms with Crippen molar-refractivity contribution in [1.82, 2.24) is 0 Å². The van der Waals surface area contributed by atoms with Gasteiger partial charge in [-0.3, -0.25) is 9.59 Å². The van der Waals surface area contributed by atoms with E-state index in [1.807, 2.05) is 0 Å². The van der Waals surface area contributed by atoms with E-state index < -0.39 is 35.0 Å². The highest BCUT2D eigenvalue weighted by molar-refractivity contribution is 6.10. The molecular formula is C25H24N2O9. The molecule has 0 fully saturated rings. The van der Waals surface area contributed by atoms with Gasteiger partial charge >= 0.3 is 5.97 Å². The number of phenols is 5. The molecule has 0 saturated carbocycles. The van der Waals surface area contributed by atoms with Gasteiger partial charge in [-0.2, -0.15) is 0 Å². The van der Waals surface area contributed by atoms with E-state index in [4.69, 9.17) is 4.74 Å². The predicted molar refractivity (Wildman–Crippen MR) is 129 cm³/mol. The fourth-order valence-electron chi connectivity index (χ4n) is 3.31. The fourth-order valence-corrected chi connectivity index (χ4v) is 3.31. The summed E-state index contributed by atoms with van der Waals surface area (Å²) < 4.78 is 4.78. The highest BCUT2D eigenvalue weighted by Gasteiger charge is 2.20. The summed E-state index contributed by atoms with van der Waals surface area (Å²) in [5.41, 5.74) is -0.469. The van der Waals surface area contributed by atoms with Crippen molar-refractivity contribution >= 4 is 29.2 Å². The Kier molecular flexibility index (Phi) is 7.53. The van der Waals surface area contributed by atoms with Crippen LogP contribution in [0, 0.1) is 0 Å². The monoisotopic (exact) mass is 496 g/mol. The zero-order valence-corrected chi connectivity index (χ0v) is 19.3. The number of esters is 1. The highest BCUT2D eigenvalue weighted by Crippen LogP contribution is 2.34. The minimum absolute atomic E-state index is 0.0514. The molecule has 0 heterocycles. The van der Waals surface area contributed by atoms with Crippen molar-refractivity contribution in [3.8, 4) is 28.7 Å². The zero-order chi connectivity index (χ0) is 26.6. The molecule has 0 saturated heterocycles. The number of rotatable bonds is 7. The van der Waals surface area contributed by atoms with Gasteiger partial charge in [-0.25, -0.2) is 4.79 Å². The molecule has 11 nitrogen and oxygen atoms in total. The molecule has 0 spiro atoms. The van der Waals surface area contributed by atoms with E-state index in [0.29, 0.717) is 12.0 Å². The number of aryl methyl sites for hydroxylation is 1. The van der Waals surface area contributed by atoms with Crippen LogP contribution in [0.15, 0.2) is 42.5 Å². The van der Waals surface area contributed by atoms with E-state index >= 15 is 0 Å². The van der Waals surface area contributed by atoms with Crippen LogP contribution in [0.1, 0.15) is 50.5 Å². The smallest absolute Gasteiger partial charge is 0.342 e. The molecule has 0 aliphatic carbocycles. The Labute approximate surface area is 205 Å². The summed E-state index contributed by atoms with van der Waals surface area (Å²) in [5, 5.41) is 55.1. The number of hydrogen-bond acceptors (Lipinski definition) is 9. The number of ether oxygens (including phenoxy) is 1. The van der Waals surface area contributed by atoms with Crippen LogP contribution in [0.25, 0.3) is 0 Å². The Bertz CT molecular complexity index is 1350. The van der Waals surface area contributed by atoms with Crippen LogP contribution >= 0.6 is 0 Å². The standard InChI is InChI=1S/C25H24N2O9/c1-3-12-8-21(31)17(10-19(12)29)26-23(33)13-5-14(7-15(28)6-13)24(34)27-18-11-20(30)16(9-22(18)32)25(35)36-4-2/h5-11,28-32H,3-4H2,1-2H3,(H,26,33)(H,27,34). The first-order valence-electron chi connectivity index (χ1n) is 10.8. The van der Waals surface area contributed by atoms with E-state index in [9.17, 15) is 39.9 Å². The maximum Gasteiger partial charge on any atom is 0.342 e. The van der Waals surface area contributed by atoms with Crippen LogP contribution < -0.4 is 10.6 Å². The summed E-state index contributed by atoms with van der Waals surface area (Å²) in [4.78, 5) is 37.3. The van der Waals surface area contributed by atoms with Crippen molar-refractivity contribution in [2.45, 2.75) is 20.3 Å². The Hall–Kier alpha value is -4.93. The second-order valence-corrected chi connectivity index (χ2v) is 7.64. The molecule has 36 heavy (non-hydrogen) atoms. The molecule has 0 unspecified atom stereocenters. The van der Waals surface area contributed by atoms with E-state index in [0.717, 1.165) is 30.3 Å². The number of carbonyl (C=O) groups excluding carboxylic acids is 3. The number of nitrogens with one attached hydrogen (secondary N) is 2. The Balaban J connectivity index is 1.84. The molecule has 0 aliphatic heterocycles. The first kappa shape index (κ1) is 25.7. The molecular weight excluding hydrogens is 472 g/mol. The van der Waals surface area contributed by atoms with Gasteiger partial charge in [0.05, 0.1) is 18.0 Å². The Morgan fingerprint density at radius 1 is 0.694 bits per heavy atom. The van der Waals surface area contributed by atoms with E-state index in [2.05, 4.69) is 10.6 Å². The molecule has 3 aromatic carbocycles. The molecule has 0 bridgehead atoms. The molecule has 3 aromatic rings. The second kappa shape index (κ2) is 10.6. The summed E-state index contributed by atoms with van der Waals surface area (Å²) >= 11 is 0. The van der Waals surface area contributed by atoms with Crippen molar-refractivity contribution in [3.63, 3.8) is 0 Å². The number of aromatic hydroxyl groups is 5. The van der Waals surface area contributed by atoms with Gasteiger partial charge in [0, 0.05) is 29.3 Å².